The molecule has 22 heavy (non-hydrogen) atoms. The third kappa shape index (κ3) is 3.48. The summed E-state index contributed by atoms with van der Waals surface area (Å²) < 4.78 is 0. The van der Waals surface area contributed by atoms with E-state index in [0.717, 1.165) is 40.0 Å². The first-order valence-corrected chi connectivity index (χ1v) is 7.51. The molecule has 2 aromatic carbocycles. The molecule has 0 spiro atoms. The number of carbonyl (C=O) groups is 1. The Kier molecular flexibility index (Phi) is 4.55. The second kappa shape index (κ2) is 6.22. The molecular formula is C19H24N2O. The smallest absolute Gasteiger partial charge is 0.221 e. The van der Waals surface area contributed by atoms with E-state index in [-0.39, 0.29) is 5.91 Å². The normalized spacial score (nSPS) is 10.6. The predicted octanol–water partition coefficient (Wildman–Crippen LogP) is 4.05. The third-order valence-corrected chi connectivity index (χ3v) is 3.96. The van der Waals surface area contributed by atoms with Crippen molar-refractivity contribution in [2.45, 2.75) is 41.0 Å². The Morgan fingerprint density at radius 3 is 1.73 bits per heavy atom. The van der Waals surface area contributed by atoms with Crippen LogP contribution in [-0.4, -0.2) is 5.91 Å². The number of nitrogens with one attached hydrogen (secondary N) is 1. The van der Waals surface area contributed by atoms with Crippen LogP contribution in [-0.2, 0) is 11.2 Å². The Labute approximate surface area is 132 Å². The fourth-order valence-corrected chi connectivity index (χ4v) is 2.93. The molecule has 3 N–H and O–H groups in total. The van der Waals surface area contributed by atoms with Crippen LogP contribution in [0.4, 0.5) is 11.4 Å². The molecular weight excluding hydrogens is 272 g/mol. The zero-order valence-corrected chi connectivity index (χ0v) is 14.0. The van der Waals surface area contributed by atoms with E-state index >= 15 is 0 Å². The molecule has 3 nitrogen and oxygen atoms in total. The van der Waals surface area contributed by atoms with Gasteiger partial charge >= 0.3 is 0 Å². The number of nitrogens with two attached hydrogens (primary N) is 1. The van der Waals surface area contributed by atoms with Gasteiger partial charge in [-0.2, -0.15) is 0 Å². The molecule has 0 heterocycles. The van der Waals surface area contributed by atoms with Gasteiger partial charge in [-0.1, -0.05) is 24.3 Å². The van der Waals surface area contributed by atoms with Gasteiger partial charge in [0.25, 0.3) is 0 Å². The van der Waals surface area contributed by atoms with Crippen LogP contribution < -0.4 is 11.1 Å². The first-order valence-electron chi connectivity index (χ1n) is 7.51. The van der Waals surface area contributed by atoms with Crippen LogP contribution in [0.1, 0.15) is 40.3 Å². The van der Waals surface area contributed by atoms with Crippen molar-refractivity contribution >= 4 is 17.3 Å². The van der Waals surface area contributed by atoms with Crippen LogP contribution in [0.5, 0.6) is 0 Å². The van der Waals surface area contributed by atoms with Gasteiger partial charge in [0.05, 0.1) is 0 Å². The Morgan fingerprint density at radius 2 is 1.32 bits per heavy atom. The number of anilines is 2. The minimum Gasteiger partial charge on any atom is -0.398 e. The summed E-state index contributed by atoms with van der Waals surface area (Å²) in [6.45, 7) is 9.68. The number of aryl methyl sites for hydroxylation is 4. The first kappa shape index (κ1) is 16.1. The molecule has 0 radical (unpaired) electrons. The van der Waals surface area contributed by atoms with Gasteiger partial charge in [0.15, 0.2) is 0 Å². The van der Waals surface area contributed by atoms with Crippen molar-refractivity contribution in [2.24, 2.45) is 0 Å². The van der Waals surface area contributed by atoms with Crippen molar-refractivity contribution in [3.8, 4) is 0 Å². The second-order valence-electron chi connectivity index (χ2n) is 6.11. The quantitative estimate of drug-likeness (QED) is 0.839. The van der Waals surface area contributed by atoms with Gasteiger partial charge in [-0.15, -0.1) is 0 Å². The van der Waals surface area contributed by atoms with Gasteiger partial charge in [-0.25, -0.2) is 0 Å². The van der Waals surface area contributed by atoms with Crippen LogP contribution in [0.25, 0.3) is 0 Å². The lowest BCUT2D eigenvalue weighted by Gasteiger charge is -2.14. The van der Waals surface area contributed by atoms with Gasteiger partial charge in [0.1, 0.15) is 0 Å². The summed E-state index contributed by atoms with van der Waals surface area (Å²) in [5, 5.41) is 2.90. The van der Waals surface area contributed by atoms with Crippen LogP contribution in [0, 0.1) is 27.7 Å². The van der Waals surface area contributed by atoms with E-state index in [9.17, 15) is 4.79 Å². The second-order valence-corrected chi connectivity index (χ2v) is 6.11. The lowest BCUT2D eigenvalue weighted by Crippen LogP contribution is -2.09. The van der Waals surface area contributed by atoms with Crippen LogP contribution >= 0.6 is 0 Å². The van der Waals surface area contributed by atoms with E-state index in [1.165, 1.54) is 18.1 Å². The summed E-state index contributed by atoms with van der Waals surface area (Å²) in [5.41, 5.74) is 14.7. The van der Waals surface area contributed by atoms with E-state index in [2.05, 4.69) is 29.6 Å². The lowest BCUT2D eigenvalue weighted by atomic mass is 9.96. The van der Waals surface area contributed by atoms with Crippen molar-refractivity contribution in [3.63, 3.8) is 0 Å². The summed E-state index contributed by atoms with van der Waals surface area (Å²) in [4.78, 5) is 11.3. The van der Waals surface area contributed by atoms with Crippen LogP contribution in [0.15, 0.2) is 24.3 Å². The van der Waals surface area contributed by atoms with E-state index < -0.39 is 0 Å². The number of amides is 1. The van der Waals surface area contributed by atoms with Crippen molar-refractivity contribution < 1.29 is 4.79 Å². The summed E-state index contributed by atoms with van der Waals surface area (Å²) >= 11 is 0. The van der Waals surface area contributed by atoms with E-state index in [4.69, 9.17) is 5.73 Å². The molecule has 0 aliphatic rings. The molecule has 2 aromatic rings. The highest BCUT2D eigenvalue weighted by Gasteiger charge is 2.08. The fourth-order valence-electron chi connectivity index (χ4n) is 2.93. The highest BCUT2D eigenvalue weighted by Crippen LogP contribution is 2.25. The van der Waals surface area contributed by atoms with Gasteiger partial charge in [0, 0.05) is 18.3 Å². The molecule has 0 aliphatic carbocycles. The molecule has 3 heteroatoms. The van der Waals surface area contributed by atoms with Crippen molar-refractivity contribution in [3.05, 3.63) is 57.6 Å². The number of benzene rings is 2. The zero-order valence-electron chi connectivity index (χ0n) is 14.0. The maximum atomic E-state index is 11.3. The van der Waals surface area contributed by atoms with Gasteiger partial charge < -0.3 is 11.1 Å². The summed E-state index contributed by atoms with van der Waals surface area (Å²) in [5.74, 6) is -0.0382. The maximum absolute atomic E-state index is 11.3. The lowest BCUT2D eigenvalue weighted by molar-refractivity contribution is -0.114. The molecule has 0 saturated heterocycles. The third-order valence-electron chi connectivity index (χ3n) is 3.96. The van der Waals surface area contributed by atoms with Crippen LogP contribution in [0.3, 0.4) is 0 Å². The maximum Gasteiger partial charge on any atom is 0.221 e. The topological polar surface area (TPSA) is 55.1 Å². The molecule has 1 amide bonds. The van der Waals surface area contributed by atoms with Crippen molar-refractivity contribution in [1.29, 1.82) is 0 Å². The van der Waals surface area contributed by atoms with Gasteiger partial charge in [-0.3, -0.25) is 4.79 Å². The van der Waals surface area contributed by atoms with Crippen molar-refractivity contribution in [2.75, 3.05) is 11.1 Å². The molecule has 0 bridgehead atoms. The number of carbonyl (C=O) groups excluding carboxylic acids is 1. The molecule has 0 unspecified atom stereocenters. The molecule has 116 valence electrons. The number of rotatable bonds is 3. The zero-order chi connectivity index (χ0) is 16.4. The van der Waals surface area contributed by atoms with E-state index in [1.807, 2.05) is 27.7 Å². The average Bonchev–Trinajstić information content (AvgIpc) is 2.40. The number of hydrogen-bond acceptors (Lipinski definition) is 2. The molecule has 0 saturated carbocycles. The van der Waals surface area contributed by atoms with Crippen molar-refractivity contribution in [1.82, 2.24) is 0 Å². The monoisotopic (exact) mass is 296 g/mol. The van der Waals surface area contributed by atoms with Crippen LogP contribution in [0.2, 0.25) is 0 Å². The SMILES string of the molecule is CC(=O)Nc1c(C)cc(Cc2cc(C)c(N)c(C)c2)cc1C. The van der Waals surface area contributed by atoms with E-state index in [1.54, 1.807) is 0 Å². The average molecular weight is 296 g/mol. The molecule has 0 aliphatic heterocycles. The fraction of sp³-hybridized carbons (Fsp3) is 0.316. The molecule has 0 fully saturated rings. The number of nitrogen functional groups attached to an aromatic ring is 1. The Bertz CT molecular complexity index is 686. The highest BCUT2D eigenvalue weighted by molar-refractivity contribution is 5.90. The summed E-state index contributed by atoms with van der Waals surface area (Å²) in [6, 6.07) is 8.57. The van der Waals surface area contributed by atoms with E-state index in [0.29, 0.717) is 0 Å². The first-order chi connectivity index (χ1) is 10.3. The van der Waals surface area contributed by atoms with Gasteiger partial charge in [0.2, 0.25) is 5.91 Å². The predicted molar refractivity (Wildman–Crippen MR) is 93.4 cm³/mol. The standard InChI is InChI=1S/C19H24N2O/c1-11-6-16(7-12(2)18(11)20)10-17-8-13(3)19(14(4)9-17)21-15(5)22/h6-9H,10,20H2,1-5H3,(H,21,22). The summed E-state index contributed by atoms with van der Waals surface area (Å²) in [7, 11) is 0. The Balaban J connectivity index is 2.33. The molecule has 0 atom stereocenters. The van der Waals surface area contributed by atoms with Gasteiger partial charge in [-0.05, 0) is 67.5 Å². The largest absolute Gasteiger partial charge is 0.398 e. The Morgan fingerprint density at radius 1 is 0.909 bits per heavy atom. The number of hydrogen-bond donors (Lipinski definition) is 2. The molecule has 2 rings (SSSR count). The highest BCUT2D eigenvalue weighted by atomic mass is 16.1. The minimum absolute atomic E-state index is 0.0382. The molecule has 0 aromatic heterocycles. The Hall–Kier alpha value is -2.29. The summed E-state index contributed by atoms with van der Waals surface area (Å²) in [6.07, 6.45) is 0.865. The minimum atomic E-state index is -0.0382.